The standard InChI is InChI=1S/C16H15FN2O3S/c17-11-3-1-2-10(6-11)16-18-12(9-23-16)7-14(20)19(8-15(21)22)13-4-5-13/h1-3,6,9,13H,4-5,7-8H2,(H,21,22). The fourth-order valence-electron chi connectivity index (χ4n) is 2.35. The molecule has 1 aliphatic rings. The summed E-state index contributed by atoms with van der Waals surface area (Å²) in [4.78, 5) is 28.9. The molecule has 0 radical (unpaired) electrons. The van der Waals surface area contributed by atoms with Crippen LogP contribution < -0.4 is 0 Å². The predicted octanol–water partition coefficient (Wildman–Crippen LogP) is 2.57. The maximum absolute atomic E-state index is 13.3. The number of hydrogen-bond acceptors (Lipinski definition) is 4. The van der Waals surface area contributed by atoms with Crippen LogP contribution in [0.2, 0.25) is 0 Å². The highest BCUT2D eigenvalue weighted by molar-refractivity contribution is 7.13. The highest BCUT2D eigenvalue weighted by Crippen LogP contribution is 2.28. The molecule has 1 aromatic carbocycles. The SMILES string of the molecule is O=C(O)CN(C(=O)Cc1csc(-c2cccc(F)c2)n1)C1CC1. The fourth-order valence-corrected chi connectivity index (χ4v) is 3.17. The average Bonchev–Trinajstić information content (AvgIpc) is 3.23. The lowest BCUT2D eigenvalue weighted by Crippen LogP contribution is -2.38. The molecule has 120 valence electrons. The Morgan fingerprint density at radius 1 is 1.39 bits per heavy atom. The summed E-state index contributed by atoms with van der Waals surface area (Å²) < 4.78 is 13.3. The van der Waals surface area contributed by atoms with Crippen molar-refractivity contribution in [3.8, 4) is 10.6 Å². The van der Waals surface area contributed by atoms with Crippen LogP contribution in [-0.2, 0) is 16.0 Å². The molecule has 5 nitrogen and oxygen atoms in total. The zero-order chi connectivity index (χ0) is 16.4. The van der Waals surface area contributed by atoms with Gasteiger partial charge in [0.15, 0.2) is 0 Å². The lowest BCUT2D eigenvalue weighted by Gasteiger charge is -2.19. The van der Waals surface area contributed by atoms with Gasteiger partial charge in [0.2, 0.25) is 5.91 Å². The first-order valence-corrected chi connectivity index (χ1v) is 8.12. The van der Waals surface area contributed by atoms with Crippen molar-refractivity contribution in [2.75, 3.05) is 6.54 Å². The Morgan fingerprint density at radius 3 is 2.83 bits per heavy atom. The fraction of sp³-hybridized carbons (Fsp3) is 0.312. The lowest BCUT2D eigenvalue weighted by atomic mass is 10.2. The lowest BCUT2D eigenvalue weighted by molar-refractivity contribution is -0.144. The summed E-state index contributed by atoms with van der Waals surface area (Å²) in [6.45, 7) is -0.273. The third-order valence-electron chi connectivity index (χ3n) is 3.57. The molecule has 0 saturated heterocycles. The second kappa shape index (κ2) is 6.45. The van der Waals surface area contributed by atoms with Crippen LogP contribution in [0.4, 0.5) is 4.39 Å². The van der Waals surface area contributed by atoms with Crippen molar-refractivity contribution >= 4 is 23.2 Å². The molecule has 0 aliphatic heterocycles. The number of halogens is 1. The third kappa shape index (κ3) is 3.92. The minimum absolute atomic E-state index is 0.0416. The molecule has 1 fully saturated rings. The van der Waals surface area contributed by atoms with Crippen LogP contribution in [0, 0.1) is 5.82 Å². The first-order chi connectivity index (χ1) is 11.0. The number of aromatic nitrogens is 1. The first-order valence-electron chi connectivity index (χ1n) is 7.24. The Bertz CT molecular complexity index is 742. The normalized spacial score (nSPS) is 13.8. The van der Waals surface area contributed by atoms with Crippen LogP contribution >= 0.6 is 11.3 Å². The van der Waals surface area contributed by atoms with Gasteiger partial charge in [0, 0.05) is 17.0 Å². The van der Waals surface area contributed by atoms with Gasteiger partial charge in [-0.2, -0.15) is 0 Å². The van der Waals surface area contributed by atoms with E-state index in [1.54, 1.807) is 17.5 Å². The van der Waals surface area contributed by atoms with Gasteiger partial charge >= 0.3 is 5.97 Å². The van der Waals surface area contributed by atoms with Crippen LogP contribution in [0.1, 0.15) is 18.5 Å². The Morgan fingerprint density at radius 2 is 2.17 bits per heavy atom. The van der Waals surface area contributed by atoms with E-state index in [4.69, 9.17) is 5.11 Å². The van der Waals surface area contributed by atoms with Crippen molar-refractivity contribution in [1.82, 2.24) is 9.88 Å². The number of carboxylic acid groups (broad SMARTS) is 1. The predicted molar refractivity (Wildman–Crippen MR) is 83.6 cm³/mol. The van der Waals surface area contributed by atoms with Gasteiger partial charge in [-0.05, 0) is 25.0 Å². The minimum atomic E-state index is -1.01. The van der Waals surface area contributed by atoms with E-state index in [1.165, 1.54) is 28.4 Å². The minimum Gasteiger partial charge on any atom is -0.480 e. The summed E-state index contributed by atoms with van der Waals surface area (Å²) in [7, 11) is 0. The number of benzene rings is 1. The zero-order valence-corrected chi connectivity index (χ0v) is 13.1. The molecule has 1 aliphatic carbocycles. The van der Waals surface area contributed by atoms with Crippen molar-refractivity contribution < 1.29 is 19.1 Å². The second-order valence-electron chi connectivity index (χ2n) is 5.48. The van der Waals surface area contributed by atoms with E-state index in [1.807, 2.05) is 0 Å². The Hall–Kier alpha value is -2.28. The maximum Gasteiger partial charge on any atom is 0.323 e. The number of carbonyl (C=O) groups excluding carboxylic acids is 1. The summed E-state index contributed by atoms with van der Waals surface area (Å²) in [5.74, 6) is -1.58. The summed E-state index contributed by atoms with van der Waals surface area (Å²) in [5.41, 5.74) is 1.24. The van der Waals surface area contributed by atoms with E-state index in [0.717, 1.165) is 12.8 Å². The van der Waals surface area contributed by atoms with Crippen LogP contribution in [0.15, 0.2) is 29.6 Å². The van der Waals surface area contributed by atoms with Gasteiger partial charge in [0.25, 0.3) is 0 Å². The van der Waals surface area contributed by atoms with E-state index in [2.05, 4.69) is 4.98 Å². The van der Waals surface area contributed by atoms with E-state index >= 15 is 0 Å². The molecule has 0 spiro atoms. The molecule has 1 aromatic heterocycles. The molecule has 2 aromatic rings. The van der Waals surface area contributed by atoms with Crippen molar-refractivity contribution in [3.05, 3.63) is 41.2 Å². The first kappa shape index (κ1) is 15.6. The number of amides is 1. The molecule has 3 rings (SSSR count). The van der Waals surface area contributed by atoms with Gasteiger partial charge in [-0.1, -0.05) is 12.1 Å². The van der Waals surface area contributed by atoms with Crippen molar-refractivity contribution in [3.63, 3.8) is 0 Å². The quantitative estimate of drug-likeness (QED) is 0.881. The summed E-state index contributed by atoms with van der Waals surface area (Å²) in [6, 6.07) is 6.17. The average molecular weight is 334 g/mol. The van der Waals surface area contributed by atoms with Gasteiger partial charge < -0.3 is 10.0 Å². The van der Waals surface area contributed by atoms with Crippen molar-refractivity contribution in [2.24, 2.45) is 0 Å². The molecule has 1 saturated carbocycles. The molecule has 1 amide bonds. The number of hydrogen-bond donors (Lipinski definition) is 1. The van der Waals surface area contributed by atoms with E-state index in [-0.39, 0.29) is 30.7 Å². The van der Waals surface area contributed by atoms with Gasteiger partial charge in [0.1, 0.15) is 17.4 Å². The van der Waals surface area contributed by atoms with Gasteiger partial charge in [-0.15, -0.1) is 11.3 Å². The molecule has 7 heteroatoms. The van der Waals surface area contributed by atoms with Crippen molar-refractivity contribution in [1.29, 1.82) is 0 Å². The molecule has 0 atom stereocenters. The van der Waals surface area contributed by atoms with Gasteiger partial charge in [-0.25, -0.2) is 9.37 Å². The van der Waals surface area contributed by atoms with Crippen LogP contribution in [0.3, 0.4) is 0 Å². The highest BCUT2D eigenvalue weighted by Gasteiger charge is 2.33. The molecule has 1 heterocycles. The number of thiazole rings is 1. The Kier molecular flexibility index (Phi) is 4.38. The summed E-state index contributed by atoms with van der Waals surface area (Å²) >= 11 is 1.34. The topological polar surface area (TPSA) is 70.5 Å². The van der Waals surface area contributed by atoms with Crippen LogP contribution in [0.25, 0.3) is 10.6 Å². The number of aliphatic carboxylic acids is 1. The molecule has 0 bridgehead atoms. The number of carboxylic acids is 1. The number of carbonyl (C=O) groups is 2. The van der Waals surface area contributed by atoms with Gasteiger partial charge in [0.05, 0.1) is 12.1 Å². The molecular weight excluding hydrogens is 319 g/mol. The van der Waals surface area contributed by atoms with E-state index in [9.17, 15) is 14.0 Å². The second-order valence-corrected chi connectivity index (χ2v) is 6.34. The highest BCUT2D eigenvalue weighted by atomic mass is 32.1. The summed E-state index contributed by atoms with van der Waals surface area (Å²) in [5, 5.41) is 11.3. The van der Waals surface area contributed by atoms with E-state index < -0.39 is 5.97 Å². The van der Waals surface area contributed by atoms with Gasteiger partial charge in [-0.3, -0.25) is 9.59 Å². The summed E-state index contributed by atoms with van der Waals surface area (Å²) in [6.07, 6.45) is 1.77. The van der Waals surface area contributed by atoms with Crippen molar-refractivity contribution in [2.45, 2.75) is 25.3 Å². The van der Waals surface area contributed by atoms with Crippen LogP contribution in [-0.4, -0.2) is 39.5 Å². The van der Waals surface area contributed by atoms with E-state index in [0.29, 0.717) is 16.3 Å². The molecular formula is C16H15FN2O3S. The molecule has 0 unspecified atom stereocenters. The number of rotatable bonds is 6. The Balaban J connectivity index is 1.70. The zero-order valence-electron chi connectivity index (χ0n) is 12.2. The smallest absolute Gasteiger partial charge is 0.323 e. The molecule has 23 heavy (non-hydrogen) atoms. The number of nitrogens with zero attached hydrogens (tertiary/aromatic N) is 2. The monoisotopic (exact) mass is 334 g/mol. The molecule has 1 N–H and O–H groups in total. The Labute approximate surface area is 136 Å². The third-order valence-corrected chi connectivity index (χ3v) is 4.51. The largest absolute Gasteiger partial charge is 0.480 e. The van der Waals surface area contributed by atoms with Crippen LogP contribution in [0.5, 0.6) is 0 Å². The maximum atomic E-state index is 13.3.